The van der Waals surface area contributed by atoms with E-state index in [2.05, 4.69) is 10.3 Å². The molecule has 4 rings (SSSR count). The molecule has 0 spiro atoms. The molecule has 2 aliphatic heterocycles. The number of carbonyl (C=O) groups excluding carboxylic acids is 3. The molecule has 1 aromatic carbocycles. The van der Waals surface area contributed by atoms with Crippen molar-refractivity contribution in [1.82, 2.24) is 24.7 Å². The van der Waals surface area contributed by atoms with Gasteiger partial charge in [0.25, 0.3) is 11.8 Å². The third-order valence-electron chi connectivity index (χ3n) is 4.89. The van der Waals surface area contributed by atoms with Crippen molar-refractivity contribution in [3.8, 4) is 0 Å². The van der Waals surface area contributed by atoms with Crippen LogP contribution in [0, 0.1) is 0 Å². The number of hydrogen-bond donors (Lipinski definition) is 1. The molecule has 1 N–H and O–H groups in total. The Morgan fingerprint density at radius 3 is 2.48 bits per heavy atom. The Bertz CT molecular complexity index is 862. The summed E-state index contributed by atoms with van der Waals surface area (Å²) in [5, 5.41) is 3.27. The fraction of sp³-hybridized carbons (Fsp3) is 0.333. The number of hydrogen-bond acceptors (Lipinski definition) is 5. The highest BCUT2D eigenvalue weighted by atomic mass is 35.5. The predicted octanol–water partition coefficient (Wildman–Crippen LogP) is 0.611. The number of imide groups is 1. The average Bonchev–Trinajstić information content (AvgIpc) is 3.19. The quantitative estimate of drug-likeness (QED) is 0.777. The Labute approximate surface area is 162 Å². The van der Waals surface area contributed by atoms with Crippen LogP contribution in [-0.4, -0.2) is 63.3 Å². The number of aromatic nitrogens is 2. The molecule has 0 saturated carbocycles. The van der Waals surface area contributed by atoms with Gasteiger partial charge in [0.05, 0.1) is 11.1 Å². The zero-order valence-corrected chi connectivity index (χ0v) is 15.6. The maximum absolute atomic E-state index is 12.9. The van der Waals surface area contributed by atoms with Gasteiger partial charge in [0, 0.05) is 39.1 Å². The summed E-state index contributed by atoms with van der Waals surface area (Å²) >= 11 is 0. The van der Waals surface area contributed by atoms with Gasteiger partial charge < -0.3 is 14.8 Å². The zero-order valence-electron chi connectivity index (χ0n) is 14.8. The first kappa shape index (κ1) is 19.1. The van der Waals surface area contributed by atoms with Crippen LogP contribution in [0.2, 0.25) is 0 Å². The molecule has 8 nitrogen and oxygen atoms in total. The van der Waals surface area contributed by atoms with Crippen LogP contribution < -0.4 is 5.32 Å². The largest absolute Gasteiger partial charge is 0.336 e. The van der Waals surface area contributed by atoms with Crippen LogP contribution in [0.1, 0.15) is 32.6 Å². The van der Waals surface area contributed by atoms with Crippen molar-refractivity contribution in [3.05, 3.63) is 53.6 Å². The standard InChI is InChI=1S/C18H19N5O3.ClH/c1-21-8-7-20-16(21)14-10-19-6-9-22(14)15(24)11-23-17(25)12-4-2-3-5-13(12)18(23)26;/h2-5,7-8,14,19H,6,9-11H2,1H3;1H. The van der Waals surface area contributed by atoms with E-state index in [4.69, 9.17) is 0 Å². The molecule has 2 aliphatic rings. The lowest BCUT2D eigenvalue weighted by Crippen LogP contribution is -2.52. The monoisotopic (exact) mass is 389 g/mol. The van der Waals surface area contributed by atoms with Crippen molar-refractivity contribution in [3.63, 3.8) is 0 Å². The molecular weight excluding hydrogens is 370 g/mol. The van der Waals surface area contributed by atoms with Crippen molar-refractivity contribution in [1.29, 1.82) is 0 Å². The predicted molar refractivity (Wildman–Crippen MR) is 99.6 cm³/mol. The van der Waals surface area contributed by atoms with Crippen molar-refractivity contribution in [2.24, 2.45) is 7.05 Å². The van der Waals surface area contributed by atoms with Crippen LogP contribution in [0.5, 0.6) is 0 Å². The van der Waals surface area contributed by atoms with Crippen LogP contribution in [-0.2, 0) is 11.8 Å². The SMILES string of the molecule is Cl.Cn1ccnc1C1CNCCN1C(=O)CN1C(=O)c2ccccc2C1=O. The Balaban J connectivity index is 0.00000210. The van der Waals surface area contributed by atoms with E-state index in [-0.39, 0.29) is 30.9 Å². The summed E-state index contributed by atoms with van der Waals surface area (Å²) in [6.07, 6.45) is 3.52. The Morgan fingerprint density at radius 2 is 1.89 bits per heavy atom. The van der Waals surface area contributed by atoms with Crippen LogP contribution >= 0.6 is 12.4 Å². The first-order valence-electron chi connectivity index (χ1n) is 8.50. The summed E-state index contributed by atoms with van der Waals surface area (Å²) < 4.78 is 1.87. The molecule has 0 radical (unpaired) electrons. The molecule has 3 heterocycles. The molecule has 2 aromatic rings. The summed E-state index contributed by atoms with van der Waals surface area (Å²) in [5.74, 6) is -0.313. The molecule has 142 valence electrons. The van der Waals surface area contributed by atoms with Gasteiger partial charge in [0.15, 0.2) is 0 Å². The lowest BCUT2D eigenvalue weighted by Gasteiger charge is -2.36. The van der Waals surface area contributed by atoms with E-state index in [1.54, 1.807) is 35.4 Å². The van der Waals surface area contributed by atoms with Gasteiger partial charge in [-0.1, -0.05) is 12.1 Å². The van der Waals surface area contributed by atoms with Gasteiger partial charge in [-0.15, -0.1) is 12.4 Å². The van der Waals surface area contributed by atoms with Crippen LogP contribution in [0.15, 0.2) is 36.7 Å². The molecule has 3 amide bonds. The van der Waals surface area contributed by atoms with Gasteiger partial charge in [0.2, 0.25) is 5.91 Å². The third-order valence-corrected chi connectivity index (χ3v) is 4.89. The summed E-state index contributed by atoms with van der Waals surface area (Å²) in [4.78, 5) is 45.0. The molecule has 0 bridgehead atoms. The minimum Gasteiger partial charge on any atom is -0.336 e. The highest BCUT2D eigenvalue weighted by Crippen LogP contribution is 2.24. The summed E-state index contributed by atoms with van der Waals surface area (Å²) in [6, 6.07) is 6.42. The van der Waals surface area contributed by atoms with Gasteiger partial charge in [-0.2, -0.15) is 0 Å². The minimum atomic E-state index is -0.414. The molecule has 1 saturated heterocycles. The highest BCUT2D eigenvalue weighted by molar-refractivity contribution is 6.22. The number of benzene rings is 1. The number of aryl methyl sites for hydroxylation is 1. The van der Waals surface area contributed by atoms with E-state index in [1.165, 1.54) is 0 Å². The lowest BCUT2D eigenvalue weighted by atomic mass is 10.1. The lowest BCUT2D eigenvalue weighted by molar-refractivity contribution is -0.135. The molecule has 1 aromatic heterocycles. The maximum atomic E-state index is 12.9. The number of amides is 3. The summed E-state index contributed by atoms with van der Waals surface area (Å²) in [5.41, 5.74) is 0.706. The van der Waals surface area contributed by atoms with Crippen molar-refractivity contribution in [2.45, 2.75) is 6.04 Å². The van der Waals surface area contributed by atoms with Gasteiger partial charge in [-0.05, 0) is 12.1 Å². The van der Waals surface area contributed by atoms with Crippen molar-refractivity contribution < 1.29 is 14.4 Å². The van der Waals surface area contributed by atoms with Crippen molar-refractivity contribution >= 4 is 30.1 Å². The van der Waals surface area contributed by atoms with Gasteiger partial charge >= 0.3 is 0 Å². The van der Waals surface area contributed by atoms with Crippen LogP contribution in [0.4, 0.5) is 0 Å². The number of carbonyl (C=O) groups is 3. The first-order valence-corrected chi connectivity index (χ1v) is 8.50. The second-order valence-electron chi connectivity index (χ2n) is 6.45. The fourth-order valence-electron chi connectivity index (χ4n) is 3.54. The fourth-order valence-corrected chi connectivity index (χ4v) is 3.54. The number of halogens is 1. The normalized spacial score (nSPS) is 19.1. The number of fused-ring (bicyclic) bond motifs is 1. The van der Waals surface area contributed by atoms with Gasteiger partial charge in [-0.3, -0.25) is 19.3 Å². The smallest absolute Gasteiger partial charge is 0.262 e. The van der Waals surface area contributed by atoms with E-state index >= 15 is 0 Å². The zero-order chi connectivity index (χ0) is 18.3. The Kier molecular flexibility index (Phi) is 5.29. The summed E-state index contributed by atoms with van der Waals surface area (Å²) in [7, 11) is 1.88. The van der Waals surface area contributed by atoms with E-state index in [1.807, 2.05) is 17.8 Å². The molecule has 1 atom stereocenters. The second-order valence-corrected chi connectivity index (χ2v) is 6.45. The molecule has 1 fully saturated rings. The van der Waals surface area contributed by atoms with E-state index in [0.29, 0.717) is 30.8 Å². The third kappa shape index (κ3) is 3.22. The van der Waals surface area contributed by atoms with E-state index in [9.17, 15) is 14.4 Å². The summed E-state index contributed by atoms with van der Waals surface area (Å²) in [6.45, 7) is 1.49. The van der Waals surface area contributed by atoms with Gasteiger partial charge in [0.1, 0.15) is 18.4 Å². The van der Waals surface area contributed by atoms with Gasteiger partial charge in [-0.25, -0.2) is 4.98 Å². The number of imidazole rings is 1. The second kappa shape index (κ2) is 7.50. The molecule has 27 heavy (non-hydrogen) atoms. The number of piperazine rings is 1. The number of nitrogens with one attached hydrogen (secondary N) is 1. The average molecular weight is 390 g/mol. The van der Waals surface area contributed by atoms with Crippen LogP contribution in [0.3, 0.4) is 0 Å². The number of nitrogens with zero attached hydrogens (tertiary/aromatic N) is 4. The van der Waals surface area contributed by atoms with Crippen LogP contribution in [0.25, 0.3) is 0 Å². The van der Waals surface area contributed by atoms with E-state index < -0.39 is 11.8 Å². The molecular formula is C18H20ClN5O3. The topological polar surface area (TPSA) is 87.5 Å². The molecule has 1 unspecified atom stereocenters. The Hall–Kier alpha value is -2.71. The minimum absolute atomic E-state index is 0. The molecule has 0 aliphatic carbocycles. The highest BCUT2D eigenvalue weighted by Gasteiger charge is 2.39. The van der Waals surface area contributed by atoms with Crippen molar-refractivity contribution in [2.75, 3.05) is 26.2 Å². The van der Waals surface area contributed by atoms with E-state index in [0.717, 1.165) is 10.7 Å². The number of rotatable bonds is 3. The Morgan fingerprint density at radius 1 is 1.22 bits per heavy atom. The maximum Gasteiger partial charge on any atom is 0.262 e. The first-order chi connectivity index (χ1) is 12.6. The molecule has 9 heteroatoms.